The summed E-state index contributed by atoms with van der Waals surface area (Å²) in [6, 6.07) is 17.1. The largest absolute Gasteiger partial charge is 0.492 e. The molecule has 6 nitrogen and oxygen atoms in total. The highest BCUT2D eigenvalue weighted by Crippen LogP contribution is 2.30. The van der Waals surface area contributed by atoms with E-state index in [-0.39, 0.29) is 15.7 Å². The summed E-state index contributed by atoms with van der Waals surface area (Å²) in [5.41, 5.74) is 3.28. The summed E-state index contributed by atoms with van der Waals surface area (Å²) in [6.07, 6.45) is 0.666. The monoisotopic (exact) mass is 470 g/mol. The van der Waals surface area contributed by atoms with Crippen molar-refractivity contribution in [2.75, 3.05) is 26.7 Å². The van der Waals surface area contributed by atoms with Gasteiger partial charge in [-0.2, -0.15) is 4.31 Å². The number of hydrogen-bond acceptors (Lipinski definition) is 5. The predicted molar refractivity (Wildman–Crippen MR) is 126 cm³/mol. The Hall–Kier alpha value is -2.68. The van der Waals surface area contributed by atoms with Crippen LogP contribution in [0, 0.1) is 6.92 Å². The second-order valence-corrected chi connectivity index (χ2v) is 10.7. The zero-order valence-corrected chi connectivity index (χ0v) is 19.8. The fraction of sp³-hybridized carbons (Fsp3) is 0.292. The summed E-state index contributed by atoms with van der Waals surface area (Å²) in [7, 11) is -2.11. The molecular formula is C24H26N2O4S2. The third kappa shape index (κ3) is 4.72. The van der Waals surface area contributed by atoms with Gasteiger partial charge in [-0.05, 0) is 53.6 Å². The van der Waals surface area contributed by atoms with Gasteiger partial charge in [-0.1, -0.05) is 36.4 Å². The van der Waals surface area contributed by atoms with Crippen LogP contribution in [0.15, 0.2) is 64.9 Å². The van der Waals surface area contributed by atoms with Crippen LogP contribution in [0.3, 0.4) is 0 Å². The minimum atomic E-state index is -3.77. The molecule has 0 radical (unpaired) electrons. The number of hydrogen-bond donors (Lipinski definition) is 0. The topological polar surface area (TPSA) is 66.9 Å². The molecule has 3 aromatic rings. The Morgan fingerprint density at radius 1 is 1.12 bits per heavy atom. The van der Waals surface area contributed by atoms with E-state index in [0.29, 0.717) is 32.7 Å². The number of carbonyl (C=O) groups is 1. The maximum atomic E-state index is 13.4. The van der Waals surface area contributed by atoms with E-state index in [1.165, 1.54) is 20.8 Å². The van der Waals surface area contributed by atoms with Gasteiger partial charge < -0.3 is 9.64 Å². The lowest BCUT2D eigenvalue weighted by atomic mass is 10.0. The first-order valence-corrected chi connectivity index (χ1v) is 12.8. The molecule has 0 fully saturated rings. The lowest BCUT2D eigenvalue weighted by molar-refractivity contribution is 0.0775. The molecule has 0 saturated heterocycles. The van der Waals surface area contributed by atoms with Crippen LogP contribution in [0.5, 0.6) is 5.75 Å². The molecule has 1 aliphatic rings. The summed E-state index contributed by atoms with van der Waals surface area (Å²) in [5.74, 6) is 0.430. The molecule has 2 aromatic carbocycles. The average Bonchev–Trinajstić information content (AvgIpc) is 3.29. The minimum Gasteiger partial charge on any atom is -0.492 e. The van der Waals surface area contributed by atoms with Gasteiger partial charge >= 0.3 is 0 Å². The van der Waals surface area contributed by atoms with Gasteiger partial charge in [0.05, 0.1) is 6.54 Å². The zero-order valence-electron chi connectivity index (χ0n) is 18.2. The second-order valence-electron chi connectivity index (χ2n) is 7.86. The van der Waals surface area contributed by atoms with E-state index >= 15 is 0 Å². The number of carbonyl (C=O) groups excluding carboxylic acids is 1. The van der Waals surface area contributed by atoms with Crippen LogP contribution >= 0.6 is 11.3 Å². The van der Waals surface area contributed by atoms with E-state index in [1.54, 1.807) is 12.4 Å². The molecule has 0 unspecified atom stereocenters. The number of sulfonamides is 1. The maximum Gasteiger partial charge on any atom is 0.265 e. The molecule has 32 heavy (non-hydrogen) atoms. The summed E-state index contributed by atoms with van der Waals surface area (Å²) in [6.45, 7) is 3.39. The normalized spacial score (nSPS) is 14.1. The minimum absolute atomic E-state index is 0.0818. The van der Waals surface area contributed by atoms with Crippen molar-refractivity contribution >= 4 is 27.3 Å². The highest BCUT2D eigenvalue weighted by atomic mass is 32.2. The summed E-state index contributed by atoms with van der Waals surface area (Å²) in [4.78, 5) is 14.9. The van der Waals surface area contributed by atoms with E-state index < -0.39 is 10.0 Å². The van der Waals surface area contributed by atoms with Crippen molar-refractivity contribution < 1.29 is 17.9 Å². The SMILES string of the molecule is Cc1cccc(OCCN(C)C(=O)c2sccc2S(=O)(=O)N2CCc3ccccc3C2)c1. The van der Waals surface area contributed by atoms with Gasteiger partial charge in [0.15, 0.2) is 0 Å². The fourth-order valence-electron chi connectivity index (χ4n) is 3.75. The average molecular weight is 471 g/mol. The molecule has 1 aromatic heterocycles. The van der Waals surface area contributed by atoms with Crippen LogP contribution < -0.4 is 4.74 Å². The number of thiophene rings is 1. The zero-order chi connectivity index (χ0) is 22.7. The van der Waals surface area contributed by atoms with Crippen molar-refractivity contribution in [2.45, 2.75) is 24.8 Å². The van der Waals surface area contributed by atoms with Crippen molar-refractivity contribution in [1.82, 2.24) is 9.21 Å². The third-order valence-corrected chi connectivity index (χ3v) is 8.49. The molecule has 0 bridgehead atoms. The first kappa shape index (κ1) is 22.5. The quantitative estimate of drug-likeness (QED) is 0.524. The first-order valence-electron chi connectivity index (χ1n) is 10.5. The molecule has 0 spiro atoms. The lowest BCUT2D eigenvalue weighted by Gasteiger charge is -2.28. The van der Waals surface area contributed by atoms with E-state index in [2.05, 4.69) is 0 Å². The number of fused-ring (bicyclic) bond motifs is 1. The highest BCUT2D eigenvalue weighted by Gasteiger charge is 2.33. The molecule has 4 rings (SSSR count). The Morgan fingerprint density at radius 3 is 2.69 bits per heavy atom. The molecule has 168 valence electrons. The van der Waals surface area contributed by atoms with Gasteiger partial charge in [0, 0.05) is 20.1 Å². The van der Waals surface area contributed by atoms with Gasteiger partial charge in [-0.3, -0.25) is 4.79 Å². The van der Waals surface area contributed by atoms with E-state index in [9.17, 15) is 13.2 Å². The number of likely N-dealkylation sites (N-methyl/N-ethyl adjacent to an activating group) is 1. The summed E-state index contributed by atoms with van der Waals surface area (Å²) < 4.78 is 33.9. The van der Waals surface area contributed by atoms with Crippen molar-refractivity contribution in [3.05, 3.63) is 81.5 Å². The van der Waals surface area contributed by atoms with E-state index in [4.69, 9.17) is 4.74 Å². The van der Waals surface area contributed by atoms with Gasteiger partial charge in [0.1, 0.15) is 22.1 Å². The Kier molecular flexibility index (Phi) is 6.64. The molecule has 2 heterocycles. The Balaban J connectivity index is 1.44. The lowest BCUT2D eigenvalue weighted by Crippen LogP contribution is -2.37. The number of rotatable bonds is 7. The maximum absolute atomic E-state index is 13.4. The van der Waals surface area contributed by atoms with Gasteiger partial charge in [-0.25, -0.2) is 8.42 Å². The summed E-state index contributed by atoms with van der Waals surface area (Å²) >= 11 is 1.16. The van der Waals surface area contributed by atoms with Crippen LogP contribution in [0.4, 0.5) is 0 Å². The molecule has 0 N–H and O–H groups in total. The number of amides is 1. The van der Waals surface area contributed by atoms with Crippen molar-refractivity contribution in [3.8, 4) is 5.75 Å². The molecule has 0 saturated carbocycles. The van der Waals surface area contributed by atoms with Crippen molar-refractivity contribution in [3.63, 3.8) is 0 Å². The molecule has 8 heteroatoms. The van der Waals surface area contributed by atoms with E-state index in [0.717, 1.165) is 28.2 Å². The van der Waals surface area contributed by atoms with Crippen LogP contribution in [-0.4, -0.2) is 50.3 Å². The van der Waals surface area contributed by atoms with Crippen LogP contribution in [0.1, 0.15) is 26.4 Å². The number of ether oxygens (including phenoxy) is 1. The Bertz CT molecular complexity index is 1220. The second kappa shape index (κ2) is 9.44. The fourth-order valence-corrected chi connectivity index (χ4v) is 6.56. The number of nitrogens with zero attached hydrogens (tertiary/aromatic N) is 2. The third-order valence-electron chi connectivity index (χ3n) is 5.57. The van der Waals surface area contributed by atoms with Crippen molar-refractivity contribution in [1.29, 1.82) is 0 Å². The smallest absolute Gasteiger partial charge is 0.265 e. The molecule has 1 amide bonds. The van der Waals surface area contributed by atoms with Crippen molar-refractivity contribution in [2.24, 2.45) is 0 Å². The van der Waals surface area contributed by atoms with Crippen LogP contribution in [-0.2, 0) is 23.0 Å². The first-order chi connectivity index (χ1) is 15.4. The Morgan fingerprint density at radius 2 is 1.91 bits per heavy atom. The highest BCUT2D eigenvalue weighted by molar-refractivity contribution is 7.89. The molecule has 0 atom stereocenters. The molecular weight excluding hydrogens is 444 g/mol. The summed E-state index contributed by atoms with van der Waals surface area (Å²) in [5, 5.41) is 1.66. The molecule has 1 aliphatic heterocycles. The molecule has 0 aliphatic carbocycles. The number of benzene rings is 2. The van der Waals surface area contributed by atoms with Gasteiger partial charge in [0.25, 0.3) is 5.91 Å². The van der Waals surface area contributed by atoms with Gasteiger partial charge in [-0.15, -0.1) is 11.3 Å². The van der Waals surface area contributed by atoms with Gasteiger partial charge in [0.2, 0.25) is 10.0 Å². The predicted octanol–water partition coefficient (Wildman–Crippen LogP) is 3.95. The van der Waals surface area contributed by atoms with E-state index in [1.807, 2.05) is 55.5 Å². The Labute approximate surface area is 193 Å². The standard InChI is InChI=1S/C24H26N2O4S2/c1-18-6-5-9-21(16-18)30-14-13-25(2)24(27)23-22(11-15-31-23)32(28,29)26-12-10-19-7-3-4-8-20(19)17-26/h3-9,11,15-16H,10,12-14,17H2,1-2H3. The number of aryl methyl sites for hydroxylation is 1. The van der Waals surface area contributed by atoms with Crippen LogP contribution in [0.25, 0.3) is 0 Å². The van der Waals surface area contributed by atoms with Crippen LogP contribution in [0.2, 0.25) is 0 Å².